The van der Waals surface area contributed by atoms with Gasteiger partial charge in [-0.2, -0.15) is 0 Å². The summed E-state index contributed by atoms with van der Waals surface area (Å²) in [6.07, 6.45) is 0.485. The molecule has 2 rings (SSSR count). The van der Waals surface area contributed by atoms with Gasteiger partial charge in [-0.25, -0.2) is 0 Å². The summed E-state index contributed by atoms with van der Waals surface area (Å²) < 4.78 is 15.5. The van der Waals surface area contributed by atoms with E-state index in [0.717, 1.165) is 6.07 Å². The van der Waals surface area contributed by atoms with Crippen molar-refractivity contribution >= 4 is 23.6 Å². The third kappa shape index (κ3) is 4.47. The monoisotopic (exact) mass is 360 g/mol. The van der Waals surface area contributed by atoms with Gasteiger partial charge in [0.05, 0.1) is 24.8 Å². The maximum Gasteiger partial charge on any atom is 0.311 e. The summed E-state index contributed by atoms with van der Waals surface area (Å²) >= 11 is 0. The fourth-order valence-electron chi connectivity index (χ4n) is 2.11. The van der Waals surface area contributed by atoms with Crippen LogP contribution >= 0.6 is 0 Å². The molecular formula is C17H16N2O7. The predicted octanol–water partition coefficient (Wildman–Crippen LogP) is 2.44. The quantitative estimate of drug-likeness (QED) is 0.436. The molecule has 0 unspecified atom stereocenters. The second-order valence-corrected chi connectivity index (χ2v) is 5.01. The van der Waals surface area contributed by atoms with Crippen molar-refractivity contribution < 1.29 is 28.7 Å². The average Bonchev–Trinajstić information content (AvgIpc) is 2.65. The van der Waals surface area contributed by atoms with Crippen molar-refractivity contribution in [3.8, 4) is 17.2 Å². The first kappa shape index (κ1) is 18.7. The molecule has 0 heterocycles. The van der Waals surface area contributed by atoms with E-state index in [9.17, 15) is 19.7 Å². The standard InChI is InChI=1S/C17H16N2O7/c1-24-12-4-6-15(25-2)13(8-12)18-17(21)10-26-16-5-3-11(9-20)7-14(16)19(22)23/h3-9H,10H2,1-2H3,(H,18,21). The molecular weight excluding hydrogens is 344 g/mol. The predicted molar refractivity (Wildman–Crippen MR) is 92.2 cm³/mol. The smallest absolute Gasteiger partial charge is 0.311 e. The lowest BCUT2D eigenvalue weighted by molar-refractivity contribution is -0.385. The highest BCUT2D eigenvalue weighted by Crippen LogP contribution is 2.30. The first-order valence-electron chi connectivity index (χ1n) is 7.36. The number of anilines is 1. The zero-order chi connectivity index (χ0) is 19.1. The minimum atomic E-state index is -0.689. The highest BCUT2D eigenvalue weighted by molar-refractivity contribution is 5.93. The van der Waals surface area contributed by atoms with Crippen molar-refractivity contribution in [3.63, 3.8) is 0 Å². The third-order valence-corrected chi connectivity index (χ3v) is 3.36. The lowest BCUT2D eigenvalue weighted by Crippen LogP contribution is -2.20. The Morgan fingerprint density at radius 2 is 1.88 bits per heavy atom. The number of carbonyl (C=O) groups excluding carboxylic acids is 2. The summed E-state index contributed by atoms with van der Waals surface area (Å²) in [5.74, 6) is 0.265. The molecule has 0 saturated carbocycles. The Hall–Kier alpha value is -3.62. The zero-order valence-corrected chi connectivity index (χ0v) is 14.1. The summed E-state index contributed by atoms with van der Waals surface area (Å²) in [4.78, 5) is 33.2. The number of benzene rings is 2. The Morgan fingerprint density at radius 3 is 2.50 bits per heavy atom. The first-order chi connectivity index (χ1) is 12.5. The minimum absolute atomic E-state index is 0.117. The van der Waals surface area contributed by atoms with E-state index >= 15 is 0 Å². The van der Waals surface area contributed by atoms with E-state index in [1.165, 1.54) is 26.4 Å². The molecule has 2 aromatic carbocycles. The Bertz CT molecular complexity index is 836. The Morgan fingerprint density at radius 1 is 1.15 bits per heavy atom. The van der Waals surface area contributed by atoms with Crippen molar-refractivity contribution in [1.82, 2.24) is 0 Å². The van der Waals surface area contributed by atoms with E-state index in [1.54, 1.807) is 18.2 Å². The van der Waals surface area contributed by atoms with Gasteiger partial charge in [0.2, 0.25) is 0 Å². The summed E-state index contributed by atoms with van der Waals surface area (Å²) in [6, 6.07) is 8.56. The van der Waals surface area contributed by atoms with Gasteiger partial charge in [0.1, 0.15) is 17.8 Å². The molecule has 0 aliphatic rings. The molecule has 0 aromatic heterocycles. The summed E-state index contributed by atoms with van der Waals surface area (Å²) in [5.41, 5.74) is 0.0993. The summed E-state index contributed by atoms with van der Waals surface area (Å²) in [7, 11) is 2.94. The summed E-state index contributed by atoms with van der Waals surface area (Å²) in [6.45, 7) is -0.471. The van der Waals surface area contributed by atoms with E-state index < -0.39 is 23.1 Å². The second kappa shape index (κ2) is 8.47. The molecule has 0 radical (unpaired) electrons. The highest BCUT2D eigenvalue weighted by atomic mass is 16.6. The Kier molecular flexibility index (Phi) is 6.10. The van der Waals surface area contributed by atoms with Gasteiger partial charge in [0.15, 0.2) is 12.4 Å². The second-order valence-electron chi connectivity index (χ2n) is 5.01. The number of hydrogen-bond donors (Lipinski definition) is 1. The molecule has 1 N–H and O–H groups in total. The number of rotatable bonds is 8. The number of ether oxygens (including phenoxy) is 3. The van der Waals surface area contributed by atoms with Crippen LogP contribution in [-0.4, -0.2) is 37.9 Å². The van der Waals surface area contributed by atoms with Crippen molar-refractivity contribution in [2.45, 2.75) is 0 Å². The van der Waals surface area contributed by atoms with Crippen LogP contribution in [0, 0.1) is 10.1 Å². The van der Waals surface area contributed by atoms with Crippen molar-refractivity contribution in [1.29, 1.82) is 0 Å². The molecule has 26 heavy (non-hydrogen) atoms. The number of hydrogen-bond acceptors (Lipinski definition) is 7. The highest BCUT2D eigenvalue weighted by Gasteiger charge is 2.17. The van der Waals surface area contributed by atoms with Crippen LogP contribution < -0.4 is 19.5 Å². The van der Waals surface area contributed by atoms with Crippen LogP contribution in [-0.2, 0) is 4.79 Å². The Balaban J connectivity index is 2.10. The van der Waals surface area contributed by atoms with E-state index in [2.05, 4.69) is 5.32 Å². The van der Waals surface area contributed by atoms with Gasteiger partial charge in [0.25, 0.3) is 5.91 Å². The Labute approximate surface area is 148 Å². The van der Waals surface area contributed by atoms with Crippen LogP contribution in [0.4, 0.5) is 11.4 Å². The summed E-state index contributed by atoms with van der Waals surface area (Å²) in [5, 5.41) is 13.6. The zero-order valence-electron chi connectivity index (χ0n) is 14.1. The molecule has 0 aliphatic carbocycles. The maximum atomic E-state index is 12.1. The molecule has 0 aliphatic heterocycles. The molecule has 136 valence electrons. The van der Waals surface area contributed by atoms with Crippen LogP contribution in [0.3, 0.4) is 0 Å². The topological polar surface area (TPSA) is 117 Å². The molecule has 0 bridgehead atoms. The average molecular weight is 360 g/mol. The lowest BCUT2D eigenvalue weighted by Gasteiger charge is -2.12. The van der Waals surface area contributed by atoms with Gasteiger partial charge in [-0.3, -0.25) is 19.7 Å². The number of nitrogens with one attached hydrogen (secondary N) is 1. The number of nitro groups is 1. The fourth-order valence-corrected chi connectivity index (χ4v) is 2.11. The normalized spacial score (nSPS) is 9.92. The SMILES string of the molecule is COc1ccc(OC)c(NC(=O)COc2ccc(C=O)cc2[N+](=O)[O-])c1. The van der Waals surface area contributed by atoms with Gasteiger partial charge in [-0.05, 0) is 24.3 Å². The van der Waals surface area contributed by atoms with Crippen molar-refractivity contribution in [3.05, 3.63) is 52.1 Å². The van der Waals surface area contributed by atoms with E-state index in [4.69, 9.17) is 14.2 Å². The molecule has 0 saturated heterocycles. The number of amides is 1. The van der Waals surface area contributed by atoms with E-state index in [0.29, 0.717) is 23.5 Å². The van der Waals surface area contributed by atoms with Crippen LogP contribution in [0.15, 0.2) is 36.4 Å². The molecule has 0 fully saturated rings. The molecule has 9 nitrogen and oxygen atoms in total. The third-order valence-electron chi connectivity index (χ3n) is 3.36. The lowest BCUT2D eigenvalue weighted by atomic mass is 10.2. The van der Waals surface area contributed by atoms with Gasteiger partial charge in [0, 0.05) is 17.7 Å². The fraction of sp³-hybridized carbons (Fsp3) is 0.176. The number of carbonyl (C=O) groups is 2. The van der Waals surface area contributed by atoms with Gasteiger partial charge in [-0.15, -0.1) is 0 Å². The molecule has 9 heteroatoms. The number of nitro benzene ring substituents is 1. The van der Waals surface area contributed by atoms with Gasteiger partial charge >= 0.3 is 5.69 Å². The number of aldehydes is 1. The first-order valence-corrected chi connectivity index (χ1v) is 7.36. The minimum Gasteiger partial charge on any atom is -0.497 e. The van der Waals surface area contributed by atoms with Crippen LogP contribution in [0.2, 0.25) is 0 Å². The molecule has 1 amide bonds. The molecule has 0 atom stereocenters. The van der Waals surface area contributed by atoms with Gasteiger partial charge in [-0.1, -0.05) is 0 Å². The van der Waals surface area contributed by atoms with E-state index in [1.807, 2.05) is 0 Å². The van der Waals surface area contributed by atoms with Crippen molar-refractivity contribution in [2.24, 2.45) is 0 Å². The maximum absolute atomic E-state index is 12.1. The molecule has 2 aromatic rings. The van der Waals surface area contributed by atoms with E-state index in [-0.39, 0.29) is 11.3 Å². The van der Waals surface area contributed by atoms with Gasteiger partial charge < -0.3 is 19.5 Å². The number of methoxy groups -OCH3 is 2. The van der Waals surface area contributed by atoms with Crippen LogP contribution in [0.5, 0.6) is 17.2 Å². The van der Waals surface area contributed by atoms with Crippen molar-refractivity contribution in [2.75, 3.05) is 26.1 Å². The number of nitrogens with zero attached hydrogens (tertiary/aromatic N) is 1. The van der Waals surface area contributed by atoms with Crippen LogP contribution in [0.1, 0.15) is 10.4 Å². The molecule has 0 spiro atoms. The largest absolute Gasteiger partial charge is 0.497 e. The van der Waals surface area contributed by atoms with Crippen LogP contribution in [0.25, 0.3) is 0 Å².